The first-order chi connectivity index (χ1) is 19.3. The smallest absolute Gasteiger partial charge is 0.203 e. The summed E-state index contributed by atoms with van der Waals surface area (Å²) in [7, 11) is 0. The van der Waals surface area contributed by atoms with E-state index < -0.39 is 0 Å². The highest BCUT2D eigenvalue weighted by molar-refractivity contribution is 5.54. The van der Waals surface area contributed by atoms with E-state index >= 15 is 0 Å². The van der Waals surface area contributed by atoms with Gasteiger partial charge in [0.05, 0.1) is 19.8 Å². The predicted molar refractivity (Wildman–Crippen MR) is 171 cm³/mol. The van der Waals surface area contributed by atoms with Crippen molar-refractivity contribution in [3.63, 3.8) is 0 Å². The van der Waals surface area contributed by atoms with E-state index in [4.69, 9.17) is 14.2 Å². The van der Waals surface area contributed by atoms with Crippen molar-refractivity contribution >= 4 is 0 Å². The van der Waals surface area contributed by atoms with Crippen molar-refractivity contribution in [1.82, 2.24) is 0 Å². The molecule has 1 rings (SSSR count). The van der Waals surface area contributed by atoms with Crippen LogP contribution in [0.25, 0.3) is 0 Å². The number of aryl methyl sites for hydroxylation is 1. The Morgan fingerprint density at radius 2 is 0.718 bits per heavy atom. The second kappa shape index (κ2) is 26.8. The third-order valence-corrected chi connectivity index (χ3v) is 7.62. The minimum atomic E-state index is 0.739. The van der Waals surface area contributed by atoms with Crippen molar-refractivity contribution in [1.29, 1.82) is 0 Å². The first-order valence-corrected chi connectivity index (χ1v) is 17.3. The van der Waals surface area contributed by atoms with Crippen LogP contribution in [0.1, 0.15) is 175 Å². The summed E-state index contributed by atoms with van der Waals surface area (Å²) < 4.78 is 19.2. The molecule has 0 spiro atoms. The van der Waals surface area contributed by atoms with Gasteiger partial charge in [-0.25, -0.2) is 0 Å². The van der Waals surface area contributed by atoms with Crippen molar-refractivity contribution < 1.29 is 14.2 Å². The Labute approximate surface area is 244 Å². The van der Waals surface area contributed by atoms with E-state index in [9.17, 15) is 0 Å². The molecule has 0 amide bonds. The standard InChI is InChI=1S/C36H66O3/c1-5-9-12-15-18-21-24-28-37-34-31-33(27-8-4)32-35(38-29-25-22-19-16-13-10-6-2)36(34)39-30-26-23-20-17-14-11-7-3/h31-32H,5-30H2,1-4H3. The minimum absolute atomic E-state index is 0.739. The second-order valence-electron chi connectivity index (χ2n) is 11.6. The zero-order chi connectivity index (χ0) is 28.2. The van der Waals surface area contributed by atoms with Crippen LogP contribution in [0, 0.1) is 0 Å². The van der Waals surface area contributed by atoms with Crippen LogP contribution in [0.2, 0.25) is 0 Å². The summed E-state index contributed by atoms with van der Waals surface area (Å²) in [5.41, 5.74) is 1.30. The minimum Gasteiger partial charge on any atom is -0.490 e. The monoisotopic (exact) mass is 547 g/mol. The topological polar surface area (TPSA) is 27.7 Å². The molecule has 0 unspecified atom stereocenters. The fraction of sp³-hybridized carbons (Fsp3) is 0.833. The van der Waals surface area contributed by atoms with Crippen molar-refractivity contribution in [2.75, 3.05) is 19.8 Å². The van der Waals surface area contributed by atoms with Gasteiger partial charge in [0.15, 0.2) is 11.5 Å². The normalized spacial score (nSPS) is 11.2. The molecule has 0 radical (unpaired) electrons. The highest BCUT2D eigenvalue weighted by Crippen LogP contribution is 2.40. The van der Waals surface area contributed by atoms with Crippen LogP contribution in [-0.2, 0) is 6.42 Å². The lowest BCUT2D eigenvalue weighted by molar-refractivity contribution is 0.234. The Bertz CT molecular complexity index is 616. The maximum absolute atomic E-state index is 6.42. The average molecular weight is 547 g/mol. The van der Waals surface area contributed by atoms with Crippen molar-refractivity contribution in [3.05, 3.63) is 17.7 Å². The molecule has 1 aromatic carbocycles. The summed E-state index contributed by atoms with van der Waals surface area (Å²) >= 11 is 0. The Hall–Kier alpha value is -1.38. The first kappa shape index (κ1) is 35.6. The number of unbranched alkanes of at least 4 members (excludes halogenated alkanes) is 18. The maximum atomic E-state index is 6.42. The summed E-state index contributed by atoms with van der Waals surface area (Å²) in [6.07, 6.45) is 29.3. The molecule has 0 aliphatic carbocycles. The van der Waals surface area contributed by atoms with Crippen molar-refractivity contribution in [2.45, 2.75) is 175 Å². The maximum Gasteiger partial charge on any atom is 0.203 e. The molecule has 0 atom stereocenters. The lowest BCUT2D eigenvalue weighted by atomic mass is 10.1. The van der Waals surface area contributed by atoms with Crippen LogP contribution in [0.5, 0.6) is 17.2 Å². The van der Waals surface area contributed by atoms with Crippen LogP contribution in [0.3, 0.4) is 0 Å². The molecule has 228 valence electrons. The molecule has 0 bridgehead atoms. The average Bonchev–Trinajstić information content (AvgIpc) is 2.94. The van der Waals surface area contributed by atoms with Crippen LogP contribution >= 0.6 is 0 Å². The van der Waals surface area contributed by atoms with Gasteiger partial charge in [0.25, 0.3) is 0 Å². The summed E-state index contributed by atoms with van der Waals surface area (Å²) in [5.74, 6) is 2.63. The molecule has 0 aliphatic rings. The lowest BCUT2D eigenvalue weighted by Gasteiger charge is -2.19. The van der Waals surface area contributed by atoms with E-state index in [-0.39, 0.29) is 0 Å². The highest BCUT2D eigenvalue weighted by atomic mass is 16.5. The van der Waals surface area contributed by atoms with E-state index in [2.05, 4.69) is 39.8 Å². The number of rotatable bonds is 29. The van der Waals surface area contributed by atoms with Crippen molar-refractivity contribution in [3.8, 4) is 17.2 Å². The molecular formula is C36H66O3. The SMILES string of the molecule is CCCCCCCCCOc1cc(CCC)cc(OCCCCCCCCC)c1OCCCCCCCCC. The van der Waals surface area contributed by atoms with Gasteiger partial charge in [0, 0.05) is 0 Å². The zero-order valence-electron chi connectivity index (χ0n) is 26.8. The Kier molecular flexibility index (Phi) is 24.5. The molecule has 1 aromatic rings. The van der Waals surface area contributed by atoms with Gasteiger partial charge in [-0.15, -0.1) is 0 Å². The van der Waals surface area contributed by atoms with Gasteiger partial charge in [-0.05, 0) is 43.4 Å². The summed E-state index contributed by atoms with van der Waals surface area (Å²) in [5, 5.41) is 0. The van der Waals surface area contributed by atoms with Gasteiger partial charge in [-0.1, -0.05) is 150 Å². The summed E-state index contributed by atoms with van der Waals surface area (Å²) in [6, 6.07) is 4.43. The van der Waals surface area contributed by atoms with Crippen molar-refractivity contribution in [2.24, 2.45) is 0 Å². The summed E-state index contributed by atoms with van der Waals surface area (Å²) in [6.45, 7) is 11.3. The summed E-state index contributed by atoms with van der Waals surface area (Å²) in [4.78, 5) is 0. The van der Waals surface area contributed by atoms with E-state index in [1.807, 2.05) is 0 Å². The largest absolute Gasteiger partial charge is 0.490 e. The van der Waals surface area contributed by atoms with Gasteiger partial charge >= 0.3 is 0 Å². The first-order valence-electron chi connectivity index (χ1n) is 17.3. The number of hydrogen-bond donors (Lipinski definition) is 0. The molecular weight excluding hydrogens is 480 g/mol. The third-order valence-electron chi connectivity index (χ3n) is 7.62. The fourth-order valence-corrected chi connectivity index (χ4v) is 5.14. The van der Waals surface area contributed by atoms with Crippen LogP contribution < -0.4 is 14.2 Å². The molecule has 0 heterocycles. The van der Waals surface area contributed by atoms with E-state index in [1.165, 1.54) is 121 Å². The van der Waals surface area contributed by atoms with Gasteiger partial charge < -0.3 is 14.2 Å². The highest BCUT2D eigenvalue weighted by Gasteiger charge is 2.16. The van der Waals surface area contributed by atoms with Gasteiger partial charge in [0.1, 0.15) is 0 Å². The molecule has 0 N–H and O–H groups in total. The van der Waals surface area contributed by atoms with Crippen LogP contribution in [0.15, 0.2) is 12.1 Å². The van der Waals surface area contributed by atoms with Gasteiger partial charge in [-0.2, -0.15) is 0 Å². The predicted octanol–water partition coefficient (Wildman–Crippen LogP) is 12.0. The molecule has 0 aromatic heterocycles. The van der Waals surface area contributed by atoms with E-state index in [0.717, 1.165) is 69.2 Å². The Balaban J connectivity index is 2.71. The molecule has 0 fully saturated rings. The molecule has 0 saturated heterocycles. The lowest BCUT2D eigenvalue weighted by Crippen LogP contribution is -2.07. The van der Waals surface area contributed by atoms with E-state index in [1.54, 1.807) is 0 Å². The molecule has 3 nitrogen and oxygen atoms in total. The number of hydrogen-bond acceptors (Lipinski definition) is 3. The second-order valence-corrected chi connectivity index (χ2v) is 11.6. The molecule has 0 aliphatic heterocycles. The molecule has 3 heteroatoms. The third kappa shape index (κ3) is 19.4. The van der Waals surface area contributed by atoms with Gasteiger partial charge in [0.2, 0.25) is 5.75 Å². The Morgan fingerprint density at radius 1 is 0.385 bits per heavy atom. The van der Waals surface area contributed by atoms with E-state index in [0.29, 0.717) is 0 Å². The van der Waals surface area contributed by atoms with Gasteiger partial charge in [-0.3, -0.25) is 0 Å². The molecule has 39 heavy (non-hydrogen) atoms. The number of ether oxygens (including phenoxy) is 3. The zero-order valence-corrected chi connectivity index (χ0v) is 26.8. The quantitative estimate of drug-likeness (QED) is 0.0935. The van der Waals surface area contributed by atoms with Crippen LogP contribution in [0.4, 0.5) is 0 Å². The molecule has 0 saturated carbocycles. The fourth-order valence-electron chi connectivity index (χ4n) is 5.14. The van der Waals surface area contributed by atoms with Crippen LogP contribution in [-0.4, -0.2) is 19.8 Å². The number of benzene rings is 1. The Morgan fingerprint density at radius 3 is 1.08 bits per heavy atom.